The third-order valence-electron chi connectivity index (χ3n) is 6.91. The lowest BCUT2D eigenvalue weighted by Gasteiger charge is -2.15. The molecule has 0 aliphatic heterocycles. The van der Waals surface area contributed by atoms with Crippen LogP contribution in [-0.2, 0) is 0 Å². The van der Waals surface area contributed by atoms with Crippen molar-refractivity contribution in [2.75, 3.05) is 0 Å². The quantitative estimate of drug-likeness (QED) is 0.151. The number of H-pyrrole nitrogens is 2. The van der Waals surface area contributed by atoms with E-state index in [9.17, 15) is 20.4 Å². The Morgan fingerprint density at radius 1 is 0.472 bits per heavy atom. The molecule has 174 valence electrons. The van der Waals surface area contributed by atoms with Crippen LogP contribution in [0.2, 0.25) is 0 Å². The number of phenols is 4. The Morgan fingerprint density at radius 3 is 1.33 bits per heavy atom. The maximum atomic E-state index is 11.0. The third-order valence-corrected chi connectivity index (χ3v) is 6.91. The SMILES string of the molecule is Oc1ccc(O)c(-c2c3[nH]c4ccccc4c3c(-c3cc(O)ccc3O)c3[nH]c4ccccc4c23)c1. The highest BCUT2D eigenvalue weighted by Gasteiger charge is 2.26. The van der Waals surface area contributed by atoms with Crippen molar-refractivity contribution in [1.29, 1.82) is 0 Å². The number of hydrogen-bond donors (Lipinski definition) is 6. The Hall–Kier alpha value is -5.10. The van der Waals surface area contributed by atoms with Crippen LogP contribution in [0, 0.1) is 0 Å². The van der Waals surface area contributed by atoms with Crippen LogP contribution >= 0.6 is 0 Å². The van der Waals surface area contributed by atoms with E-state index in [4.69, 9.17) is 0 Å². The van der Waals surface area contributed by atoms with Crippen molar-refractivity contribution in [3.63, 3.8) is 0 Å². The van der Waals surface area contributed by atoms with E-state index < -0.39 is 0 Å². The first-order chi connectivity index (χ1) is 17.5. The van der Waals surface area contributed by atoms with Crippen LogP contribution in [0.3, 0.4) is 0 Å². The Kier molecular flexibility index (Phi) is 4.06. The minimum Gasteiger partial charge on any atom is -0.508 e. The molecular weight excluding hydrogens is 452 g/mol. The van der Waals surface area contributed by atoms with Gasteiger partial charge in [-0.05, 0) is 48.5 Å². The summed E-state index contributed by atoms with van der Waals surface area (Å²) in [5.74, 6) is 0.143. The van der Waals surface area contributed by atoms with Crippen LogP contribution in [0.15, 0.2) is 84.9 Å². The molecule has 0 fully saturated rings. The lowest BCUT2D eigenvalue weighted by molar-refractivity contribution is 0.462. The molecule has 0 amide bonds. The van der Waals surface area contributed by atoms with E-state index in [1.807, 2.05) is 48.5 Å². The fourth-order valence-corrected chi connectivity index (χ4v) is 5.42. The number of aromatic nitrogens is 2. The zero-order valence-electron chi connectivity index (χ0n) is 18.9. The number of aromatic amines is 2. The molecule has 6 nitrogen and oxygen atoms in total. The first kappa shape index (κ1) is 20.3. The largest absolute Gasteiger partial charge is 0.508 e. The van der Waals surface area contributed by atoms with Crippen molar-refractivity contribution in [1.82, 2.24) is 9.97 Å². The number of para-hydroxylation sites is 2. The molecule has 0 saturated carbocycles. The van der Waals surface area contributed by atoms with Crippen LogP contribution in [0.25, 0.3) is 65.9 Å². The second-order valence-electron chi connectivity index (χ2n) is 8.99. The normalized spacial score (nSPS) is 11.8. The second-order valence-corrected chi connectivity index (χ2v) is 8.99. The summed E-state index contributed by atoms with van der Waals surface area (Å²) in [7, 11) is 0. The topological polar surface area (TPSA) is 112 Å². The van der Waals surface area contributed by atoms with Crippen LogP contribution in [0.4, 0.5) is 0 Å². The number of hydrogen-bond acceptors (Lipinski definition) is 4. The summed E-state index contributed by atoms with van der Waals surface area (Å²) in [5, 5.41) is 46.1. The summed E-state index contributed by atoms with van der Waals surface area (Å²) < 4.78 is 0. The highest BCUT2D eigenvalue weighted by molar-refractivity contribution is 6.32. The predicted octanol–water partition coefficient (Wildman–Crippen LogP) is 7.11. The van der Waals surface area contributed by atoms with Gasteiger partial charge in [-0.15, -0.1) is 0 Å². The van der Waals surface area contributed by atoms with Crippen molar-refractivity contribution < 1.29 is 20.4 Å². The fourth-order valence-electron chi connectivity index (χ4n) is 5.42. The molecule has 7 aromatic rings. The molecule has 0 aliphatic carbocycles. The van der Waals surface area contributed by atoms with E-state index >= 15 is 0 Å². The van der Waals surface area contributed by atoms with Crippen LogP contribution < -0.4 is 0 Å². The Morgan fingerprint density at radius 2 is 0.889 bits per heavy atom. The highest BCUT2D eigenvalue weighted by Crippen LogP contribution is 2.51. The summed E-state index contributed by atoms with van der Waals surface area (Å²) in [5.41, 5.74) is 5.66. The van der Waals surface area contributed by atoms with Gasteiger partial charge in [0, 0.05) is 54.8 Å². The number of aromatic hydroxyl groups is 4. The number of nitrogens with one attached hydrogen (secondary N) is 2. The Bertz CT molecular complexity index is 1850. The number of fused-ring (bicyclic) bond motifs is 6. The Balaban J connectivity index is 1.84. The van der Waals surface area contributed by atoms with Gasteiger partial charge in [0.1, 0.15) is 23.0 Å². The van der Waals surface area contributed by atoms with Crippen LogP contribution in [0.5, 0.6) is 23.0 Å². The molecular formula is C30H20N2O4. The minimum absolute atomic E-state index is 0.0345. The van der Waals surface area contributed by atoms with E-state index in [1.54, 1.807) is 12.1 Å². The molecule has 2 heterocycles. The lowest BCUT2D eigenvalue weighted by atomic mass is 9.89. The zero-order chi connectivity index (χ0) is 24.6. The van der Waals surface area contributed by atoms with Crippen molar-refractivity contribution in [2.45, 2.75) is 0 Å². The van der Waals surface area contributed by atoms with Crippen molar-refractivity contribution in [3.05, 3.63) is 84.9 Å². The van der Waals surface area contributed by atoms with E-state index in [0.717, 1.165) is 54.7 Å². The summed E-state index contributed by atoms with van der Waals surface area (Å²) >= 11 is 0. The van der Waals surface area contributed by atoms with E-state index in [0.29, 0.717) is 11.1 Å². The van der Waals surface area contributed by atoms with Crippen LogP contribution in [0.1, 0.15) is 0 Å². The average Bonchev–Trinajstić information content (AvgIpc) is 3.45. The monoisotopic (exact) mass is 472 g/mol. The van der Waals surface area contributed by atoms with Gasteiger partial charge in [0.25, 0.3) is 0 Å². The molecule has 0 saturated heterocycles. The smallest absolute Gasteiger partial charge is 0.123 e. The molecule has 36 heavy (non-hydrogen) atoms. The average molecular weight is 473 g/mol. The molecule has 6 N–H and O–H groups in total. The predicted molar refractivity (Wildman–Crippen MR) is 143 cm³/mol. The summed E-state index contributed by atoms with van der Waals surface area (Å²) in [6, 6.07) is 24.7. The minimum atomic E-state index is 0.0345. The molecule has 5 aromatic carbocycles. The van der Waals surface area contributed by atoms with E-state index in [2.05, 4.69) is 9.97 Å². The van der Waals surface area contributed by atoms with Gasteiger partial charge in [-0.3, -0.25) is 0 Å². The first-order valence-corrected chi connectivity index (χ1v) is 11.5. The molecule has 0 bridgehead atoms. The second kappa shape index (κ2) is 7.20. The highest BCUT2D eigenvalue weighted by atomic mass is 16.3. The van der Waals surface area contributed by atoms with E-state index in [1.165, 1.54) is 24.3 Å². The summed E-state index contributed by atoms with van der Waals surface area (Å²) in [4.78, 5) is 7.06. The van der Waals surface area contributed by atoms with Gasteiger partial charge in [-0.25, -0.2) is 0 Å². The molecule has 2 aromatic heterocycles. The van der Waals surface area contributed by atoms with Gasteiger partial charge in [-0.1, -0.05) is 36.4 Å². The standard InChI is InChI=1S/C30H20N2O4/c33-15-9-11-23(35)19(13-15)27-25-17-5-1-3-7-21(17)31-29(25)28(20-14-16(34)10-12-24(20)36)26-18-6-2-4-8-22(18)32-30(26)27/h1-14,31-36H. The molecule has 0 radical (unpaired) electrons. The molecule has 6 heteroatoms. The zero-order valence-corrected chi connectivity index (χ0v) is 18.9. The molecule has 7 rings (SSSR count). The van der Waals surface area contributed by atoms with Crippen molar-refractivity contribution in [2.24, 2.45) is 0 Å². The van der Waals surface area contributed by atoms with Gasteiger partial charge < -0.3 is 30.4 Å². The number of benzene rings is 5. The lowest BCUT2D eigenvalue weighted by Crippen LogP contribution is -1.90. The number of rotatable bonds is 2. The van der Waals surface area contributed by atoms with Crippen molar-refractivity contribution >= 4 is 43.6 Å². The molecule has 0 unspecified atom stereocenters. The maximum Gasteiger partial charge on any atom is 0.123 e. The first-order valence-electron chi connectivity index (χ1n) is 11.5. The van der Waals surface area contributed by atoms with Gasteiger partial charge in [0.2, 0.25) is 0 Å². The third kappa shape index (κ3) is 2.72. The van der Waals surface area contributed by atoms with E-state index in [-0.39, 0.29) is 23.0 Å². The molecule has 0 spiro atoms. The molecule has 0 atom stereocenters. The van der Waals surface area contributed by atoms with Crippen molar-refractivity contribution in [3.8, 4) is 45.3 Å². The fraction of sp³-hybridized carbons (Fsp3) is 0. The maximum absolute atomic E-state index is 11.0. The molecule has 0 aliphatic rings. The Labute approximate surface area is 204 Å². The van der Waals surface area contributed by atoms with Gasteiger partial charge in [0.15, 0.2) is 0 Å². The summed E-state index contributed by atoms with van der Waals surface area (Å²) in [6.07, 6.45) is 0. The van der Waals surface area contributed by atoms with Gasteiger partial charge in [-0.2, -0.15) is 0 Å². The number of phenolic OH excluding ortho intramolecular Hbond substituents is 4. The summed E-state index contributed by atoms with van der Waals surface area (Å²) in [6.45, 7) is 0. The van der Waals surface area contributed by atoms with Gasteiger partial charge >= 0.3 is 0 Å². The van der Waals surface area contributed by atoms with Crippen LogP contribution in [-0.4, -0.2) is 30.4 Å². The van der Waals surface area contributed by atoms with Gasteiger partial charge in [0.05, 0.1) is 11.0 Å².